The Hall–Kier alpha value is -0.670. The molecule has 0 radical (unpaired) electrons. The predicted molar refractivity (Wildman–Crippen MR) is 68.9 cm³/mol. The Morgan fingerprint density at radius 2 is 2.07 bits per heavy atom. The average molecular weight is 237 g/mol. The van der Waals surface area contributed by atoms with Crippen LogP contribution in [0.3, 0.4) is 0 Å². The number of nitrogens with zero attached hydrogens (tertiary/aromatic N) is 1. The number of rotatable bonds is 3. The van der Waals surface area contributed by atoms with Crippen molar-refractivity contribution in [3.63, 3.8) is 0 Å². The summed E-state index contributed by atoms with van der Waals surface area (Å²) in [5.41, 5.74) is 0. The Kier molecular flexibility index (Phi) is 3.22. The largest absolute Gasteiger partial charge is 0.243 e. The van der Waals surface area contributed by atoms with Crippen molar-refractivity contribution in [1.82, 2.24) is 4.98 Å². The highest BCUT2D eigenvalue weighted by Crippen LogP contribution is 2.33. The first-order valence-corrected chi connectivity index (χ1v) is 6.88. The van der Waals surface area contributed by atoms with Crippen LogP contribution in [0.2, 0.25) is 0 Å². The van der Waals surface area contributed by atoms with Crippen molar-refractivity contribution in [3.8, 4) is 9.88 Å². The van der Waals surface area contributed by atoms with Gasteiger partial charge in [0, 0.05) is 16.0 Å². The van der Waals surface area contributed by atoms with E-state index in [1.165, 1.54) is 19.6 Å². The number of aryl methyl sites for hydroxylation is 1. The fourth-order valence-corrected chi connectivity index (χ4v) is 3.28. The molecule has 0 aromatic carbocycles. The molecule has 0 fully saturated rings. The monoisotopic (exact) mass is 237 g/mol. The third-order valence-corrected chi connectivity index (χ3v) is 5.01. The summed E-state index contributed by atoms with van der Waals surface area (Å²) in [4.78, 5) is 8.60. The van der Waals surface area contributed by atoms with Crippen LogP contribution in [0.25, 0.3) is 9.88 Å². The van der Waals surface area contributed by atoms with E-state index in [4.69, 9.17) is 0 Å². The van der Waals surface area contributed by atoms with Gasteiger partial charge in [-0.15, -0.1) is 22.7 Å². The molecule has 2 aromatic rings. The lowest BCUT2D eigenvalue weighted by Crippen LogP contribution is -1.77. The van der Waals surface area contributed by atoms with Crippen LogP contribution in [-0.4, -0.2) is 4.98 Å². The molecular weight excluding hydrogens is 222 g/mol. The summed E-state index contributed by atoms with van der Waals surface area (Å²) < 4.78 is 0. The number of aromatic nitrogens is 1. The number of hydrogen-bond acceptors (Lipinski definition) is 3. The SMILES string of the molecule is CCc1ccc(-c2ncc(C(C)C)s2)s1. The van der Waals surface area contributed by atoms with Gasteiger partial charge in [0.05, 0.1) is 4.88 Å². The van der Waals surface area contributed by atoms with Crippen LogP contribution in [0.4, 0.5) is 0 Å². The van der Waals surface area contributed by atoms with Crippen LogP contribution in [0.1, 0.15) is 36.4 Å². The molecule has 0 unspecified atom stereocenters. The van der Waals surface area contributed by atoms with Crippen LogP contribution in [-0.2, 0) is 6.42 Å². The summed E-state index contributed by atoms with van der Waals surface area (Å²) in [6.45, 7) is 6.61. The maximum Gasteiger partial charge on any atom is 0.133 e. The van der Waals surface area contributed by atoms with E-state index in [1.54, 1.807) is 0 Å². The zero-order valence-electron chi connectivity index (χ0n) is 9.28. The second-order valence-electron chi connectivity index (χ2n) is 3.84. The summed E-state index contributed by atoms with van der Waals surface area (Å²) >= 11 is 3.68. The summed E-state index contributed by atoms with van der Waals surface area (Å²) in [6, 6.07) is 4.39. The molecule has 0 saturated carbocycles. The fourth-order valence-electron chi connectivity index (χ4n) is 1.35. The zero-order chi connectivity index (χ0) is 10.8. The van der Waals surface area contributed by atoms with Crippen molar-refractivity contribution >= 4 is 22.7 Å². The predicted octanol–water partition coefficient (Wildman–Crippen LogP) is 4.56. The summed E-state index contributed by atoms with van der Waals surface area (Å²) in [6.07, 6.45) is 3.13. The lowest BCUT2D eigenvalue weighted by Gasteiger charge is -1.95. The Morgan fingerprint density at radius 3 is 2.60 bits per heavy atom. The van der Waals surface area contributed by atoms with Crippen molar-refractivity contribution in [2.75, 3.05) is 0 Å². The number of thiazole rings is 1. The Morgan fingerprint density at radius 1 is 1.27 bits per heavy atom. The van der Waals surface area contributed by atoms with Crippen molar-refractivity contribution in [1.29, 1.82) is 0 Å². The van der Waals surface area contributed by atoms with Crippen LogP contribution in [0, 0.1) is 0 Å². The van der Waals surface area contributed by atoms with E-state index in [1.807, 2.05) is 28.9 Å². The molecule has 0 bridgehead atoms. The zero-order valence-corrected chi connectivity index (χ0v) is 10.9. The van der Waals surface area contributed by atoms with Crippen molar-refractivity contribution < 1.29 is 0 Å². The maximum absolute atomic E-state index is 4.48. The lowest BCUT2D eigenvalue weighted by molar-refractivity contribution is 0.885. The standard InChI is InChI=1S/C12H15NS2/c1-4-9-5-6-10(14-9)12-13-7-11(15-12)8(2)3/h5-8H,4H2,1-3H3. The van der Waals surface area contributed by atoms with E-state index in [-0.39, 0.29) is 0 Å². The van der Waals surface area contributed by atoms with E-state index in [0.29, 0.717) is 5.92 Å². The second-order valence-corrected chi connectivity index (χ2v) is 6.07. The topological polar surface area (TPSA) is 12.9 Å². The van der Waals surface area contributed by atoms with Gasteiger partial charge >= 0.3 is 0 Å². The van der Waals surface area contributed by atoms with E-state index in [9.17, 15) is 0 Å². The van der Waals surface area contributed by atoms with E-state index >= 15 is 0 Å². The highest BCUT2D eigenvalue weighted by molar-refractivity contribution is 7.21. The first-order valence-electron chi connectivity index (χ1n) is 5.25. The van der Waals surface area contributed by atoms with Gasteiger partial charge in [0.15, 0.2) is 0 Å². The molecule has 2 rings (SSSR count). The van der Waals surface area contributed by atoms with Gasteiger partial charge in [0.25, 0.3) is 0 Å². The van der Waals surface area contributed by atoms with Gasteiger partial charge in [-0.2, -0.15) is 0 Å². The van der Waals surface area contributed by atoms with Gasteiger partial charge in [-0.25, -0.2) is 4.98 Å². The van der Waals surface area contributed by atoms with Gasteiger partial charge in [0.1, 0.15) is 5.01 Å². The molecule has 0 aliphatic heterocycles. The lowest BCUT2D eigenvalue weighted by atomic mass is 10.2. The van der Waals surface area contributed by atoms with Gasteiger partial charge in [-0.3, -0.25) is 0 Å². The molecular formula is C12H15NS2. The Balaban J connectivity index is 2.28. The summed E-state index contributed by atoms with van der Waals surface area (Å²) in [7, 11) is 0. The normalized spacial score (nSPS) is 11.2. The number of thiophene rings is 1. The molecule has 2 aromatic heterocycles. The molecule has 0 amide bonds. The minimum atomic E-state index is 0.585. The van der Waals surface area contributed by atoms with Gasteiger partial charge in [-0.1, -0.05) is 20.8 Å². The minimum absolute atomic E-state index is 0.585. The van der Waals surface area contributed by atoms with Crippen molar-refractivity contribution in [3.05, 3.63) is 28.1 Å². The fraction of sp³-hybridized carbons (Fsp3) is 0.417. The first-order chi connectivity index (χ1) is 7.20. The third kappa shape index (κ3) is 2.29. The molecule has 3 heteroatoms. The minimum Gasteiger partial charge on any atom is -0.243 e. The molecule has 0 aliphatic carbocycles. The first kappa shape index (κ1) is 10.8. The molecule has 1 nitrogen and oxygen atoms in total. The third-order valence-electron chi connectivity index (χ3n) is 2.31. The maximum atomic E-state index is 4.48. The average Bonchev–Trinajstić information content (AvgIpc) is 2.86. The highest BCUT2D eigenvalue weighted by atomic mass is 32.1. The van der Waals surface area contributed by atoms with Crippen LogP contribution in [0.15, 0.2) is 18.3 Å². The van der Waals surface area contributed by atoms with Crippen LogP contribution in [0.5, 0.6) is 0 Å². The Labute approximate surface area is 98.8 Å². The second kappa shape index (κ2) is 4.45. The smallest absolute Gasteiger partial charge is 0.133 e. The molecule has 0 spiro atoms. The molecule has 0 atom stereocenters. The number of hydrogen-bond donors (Lipinski definition) is 0. The Bertz CT molecular complexity index is 440. The van der Waals surface area contributed by atoms with Gasteiger partial charge in [-0.05, 0) is 24.5 Å². The van der Waals surface area contributed by atoms with Crippen LogP contribution < -0.4 is 0 Å². The molecule has 0 N–H and O–H groups in total. The van der Waals surface area contributed by atoms with E-state index < -0.39 is 0 Å². The summed E-state index contributed by atoms with van der Waals surface area (Å²) in [5, 5.41) is 1.17. The van der Waals surface area contributed by atoms with Gasteiger partial charge in [0.2, 0.25) is 0 Å². The van der Waals surface area contributed by atoms with E-state index in [2.05, 4.69) is 37.9 Å². The molecule has 0 saturated heterocycles. The quantitative estimate of drug-likeness (QED) is 0.762. The molecule has 0 aliphatic rings. The van der Waals surface area contributed by atoms with Crippen molar-refractivity contribution in [2.45, 2.75) is 33.1 Å². The summed E-state index contributed by atoms with van der Waals surface area (Å²) in [5.74, 6) is 0.585. The van der Waals surface area contributed by atoms with Gasteiger partial charge < -0.3 is 0 Å². The van der Waals surface area contributed by atoms with Crippen LogP contribution >= 0.6 is 22.7 Å². The highest BCUT2D eigenvalue weighted by Gasteiger charge is 2.09. The van der Waals surface area contributed by atoms with E-state index in [0.717, 1.165) is 6.42 Å². The van der Waals surface area contributed by atoms with Crippen molar-refractivity contribution in [2.24, 2.45) is 0 Å². The molecule has 80 valence electrons. The molecule has 2 heterocycles. The molecule has 15 heavy (non-hydrogen) atoms.